The van der Waals surface area contributed by atoms with E-state index in [4.69, 9.17) is 11.6 Å². The van der Waals surface area contributed by atoms with Gasteiger partial charge in [-0.15, -0.1) is 11.7 Å². The summed E-state index contributed by atoms with van der Waals surface area (Å²) in [6, 6.07) is 6.77. The quantitative estimate of drug-likeness (QED) is 0.613. The summed E-state index contributed by atoms with van der Waals surface area (Å²) in [4.78, 5) is 10.9. The summed E-state index contributed by atoms with van der Waals surface area (Å²) in [5.41, 5.74) is 1.26. The zero-order valence-corrected chi connectivity index (χ0v) is 9.63. The third-order valence-corrected chi connectivity index (χ3v) is 2.42. The molecule has 0 aliphatic heterocycles. The first-order valence-corrected chi connectivity index (χ1v) is 5.27. The molecule has 0 unspecified atom stereocenters. The molecule has 0 aliphatic rings. The summed E-state index contributed by atoms with van der Waals surface area (Å²) in [5, 5.41) is 10.9. The minimum absolute atomic E-state index is 0.443. The fourth-order valence-electron chi connectivity index (χ4n) is 1.41. The van der Waals surface area contributed by atoms with Gasteiger partial charge in [0.05, 0.1) is 6.54 Å². The lowest BCUT2D eigenvalue weighted by molar-refractivity contribution is 0.108. The van der Waals surface area contributed by atoms with Crippen molar-refractivity contribution in [1.29, 1.82) is 0 Å². The molecule has 1 heterocycles. The molecule has 0 radical (unpaired) electrons. The monoisotopic (exact) mass is 248 g/mol. The Morgan fingerprint density at radius 3 is 2.71 bits per heavy atom. The number of hydrogen-bond donors (Lipinski definition) is 0. The zero-order chi connectivity index (χ0) is 12.3. The molecule has 0 bridgehead atoms. The van der Waals surface area contributed by atoms with Gasteiger partial charge in [0, 0.05) is 11.1 Å². The summed E-state index contributed by atoms with van der Waals surface area (Å²) in [5.74, 6) is 0.624. The van der Waals surface area contributed by atoms with Crippen LogP contribution >= 0.6 is 11.6 Å². The van der Waals surface area contributed by atoms with E-state index in [0.29, 0.717) is 17.9 Å². The van der Waals surface area contributed by atoms with Gasteiger partial charge in [-0.05, 0) is 34.2 Å². The minimum Gasteiger partial charge on any atom is -0.276 e. The average Bonchev–Trinajstić information content (AvgIpc) is 2.78. The molecule has 0 amide bonds. The number of benzene rings is 1. The molecule has 1 aromatic heterocycles. The minimum atomic E-state index is -0.484. The van der Waals surface area contributed by atoms with Crippen molar-refractivity contribution in [3.63, 3.8) is 0 Å². The van der Waals surface area contributed by atoms with E-state index in [1.807, 2.05) is 0 Å². The van der Waals surface area contributed by atoms with E-state index in [-0.39, 0.29) is 0 Å². The second-order valence-corrected chi connectivity index (χ2v) is 3.67. The highest BCUT2D eigenvalue weighted by Gasteiger charge is 2.08. The molecular weight excluding hydrogens is 240 g/mol. The molecular formula is C11H9ClN4O. The Bertz CT molecular complexity index is 547. The average molecular weight is 249 g/mol. The Morgan fingerprint density at radius 1 is 1.41 bits per heavy atom. The van der Waals surface area contributed by atoms with E-state index in [9.17, 15) is 4.79 Å². The van der Waals surface area contributed by atoms with E-state index in [0.717, 1.165) is 5.56 Å². The Hall–Kier alpha value is -2.01. The van der Waals surface area contributed by atoms with Crippen LogP contribution in [0.5, 0.6) is 0 Å². The van der Waals surface area contributed by atoms with Crippen LogP contribution < -0.4 is 0 Å². The van der Waals surface area contributed by atoms with Crippen LogP contribution in [-0.4, -0.2) is 25.4 Å². The number of carbonyl (C=O) groups is 1. The summed E-state index contributed by atoms with van der Waals surface area (Å²) < 4.78 is 1.62. The van der Waals surface area contributed by atoms with Crippen LogP contribution in [0.2, 0.25) is 0 Å². The number of rotatable bonds is 4. The van der Waals surface area contributed by atoms with Gasteiger partial charge in [-0.2, -0.15) is 0 Å². The van der Waals surface area contributed by atoms with E-state index >= 15 is 0 Å². The van der Waals surface area contributed by atoms with Crippen LogP contribution in [0, 0.1) is 0 Å². The Labute approximate surface area is 103 Å². The highest BCUT2D eigenvalue weighted by Crippen LogP contribution is 2.17. The number of aromatic nitrogens is 4. The van der Waals surface area contributed by atoms with Crippen molar-refractivity contribution in [1.82, 2.24) is 20.2 Å². The zero-order valence-electron chi connectivity index (χ0n) is 8.88. The molecule has 17 heavy (non-hydrogen) atoms. The molecule has 0 spiro atoms. The molecule has 0 saturated carbocycles. The van der Waals surface area contributed by atoms with Crippen molar-refractivity contribution in [3.05, 3.63) is 42.5 Å². The summed E-state index contributed by atoms with van der Waals surface area (Å²) in [6.45, 7) is 4.16. The maximum Gasteiger partial charge on any atom is 0.252 e. The second-order valence-electron chi connectivity index (χ2n) is 3.32. The second kappa shape index (κ2) is 4.88. The van der Waals surface area contributed by atoms with Crippen molar-refractivity contribution < 1.29 is 4.79 Å². The van der Waals surface area contributed by atoms with Gasteiger partial charge in [-0.25, -0.2) is 4.68 Å². The third kappa shape index (κ3) is 2.39. The lowest BCUT2D eigenvalue weighted by atomic mass is 10.1. The van der Waals surface area contributed by atoms with Crippen LogP contribution in [0.15, 0.2) is 36.9 Å². The van der Waals surface area contributed by atoms with Gasteiger partial charge in [0.2, 0.25) is 0 Å². The van der Waals surface area contributed by atoms with Gasteiger partial charge in [-0.3, -0.25) is 4.79 Å². The molecule has 1 aromatic carbocycles. The first-order chi connectivity index (χ1) is 8.22. The highest BCUT2D eigenvalue weighted by atomic mass is 35.5. The molecule has 0 fully saturated rings. The van der Waals surface area contributed by atoms with E-state index < -0.39 is 5.24 Å². The van der Waals surface area contributed by atoms with Crippen LogP contribution in [0.25, 0.3) is 11.4 Å². The molecule has 0 atom stereocenters. The van der Waals surface area contributed by atoms with Gasteiger partial charge in [0.25, 0.3) is 5.24 Å². The topological polar surface area (TPSA) is 60.7 Å². The molecule has 0 saturated heterocycles. The Kier molecular flexibility index (Phi) is 3.30. The van der Waals surface area contributed by atoms with Crippen LogP contribution in [0.4, 0.5) is 0 Å². The summed E-state index contributed by atoms with van der Waals surface area (Å²) >= 11 is 5.36. The summed E-state index contributed by atoms with van der Waals surface area (Å²) in [7, 11) is 0. The fourth-order valence-corrected chi connectivity index (χ4v) is 1.53. The standard InChI is InChI=1S/C11H9ClN4O/c1-2-7-16-11(13-14-15-16)9-5-3-8(4-6-9)10(12)17/h2-6H,1,7H2. The van der Waals surface area contributed by atoms with Crippen molar-refractivity contribution in [2.75, 3.05) is 0 Å². The number of hydrogen-bond acceptors (Lipinski definition) is 4. The van der Waals surface area contributed by atoms with Crippen molar-refractivity contribution in [2.45, 2.75) is 6.54 Å². The van der Waals surface area contributed by atoms with Gasteiger partial charge in [-0.1, -0.05) is 18.2 Å². The Morgan fingerprint density at radius 2 is 2.12 bits per heavy atom. The largest absolute Gasteiger partial charge is 0.276 e. The number of nitrogens with zero attached hydrogens (tertiary/aromatic N) is 4. The van der Waals surface area contributed by atoms with Crippen LogP contribution in [-0.2, 0) is 6.54 Å². The normalized spacial score (nSPS) is 10.2. The Balaban J connectivity index is 2.36. The van der Waals surface area contributed by atoms with Crippen molar-refractivity contribution in [2.24, 2.45) is 0 Å². The van der Waals surface area contributed by atoms with Gasteiger partial charge < -0.3 is 0 Å². The first-order valence-electron chi connectivity index (χ1n) is 4.89. The predicted molar refractivity (Wildman–Crippen MR) is 63.6 cm³/mol. The van der Waals surface area contributed by atoms with Gasteiger partial charge in [0.1, 0.15) is 0 Å². The molecule has 0 N–H and O–H groups in total. The maximum absolute atomic E-state index is 10.9. The molecule has 2 aromatic rings. The number of tetrazole rings is 1. The molecule has 0 aliphatic carbocycles. The van der Waals surface area contributed by atoms with Crippen molar-refractivity contribution in [3.8, 4) is 11.4 Å². The lowest BCUT2D eigenvalue weighted by Gasteiger charge is -2.01. The SMILES string of the molecule is C=CCn1nnnc1-c1ccc(C(=O)Cl)cc1. The van der Waals surface area contributed by atoms with E-state index in [1.54, 1.807) is 35.0 Å². The lowest BCUT2D eigenvalue weighted by Crippen LogP contribution is -2.00. The molecule has 5 nitrogen and oxygen atoms in total. The van der Waals surface area contributed by atoms with Gasteiger partial charge in [0.15, 0.2) is 5.82 Å². The van der Waals surface area contributed by atoms with Gasteiger partial charge >= 0.3 is 0 Å². The molecule has 86 valence electrons. The van der Waals surface area contributed by atoms with Crippen LogP contribution in [0.3, 0.4) is 0 Å². The third-order valence-electron chi connectivity index (χ3n) is 2.20. The van der Waals surface area contributed by atoms with E-state index in [1.165, 1.54) is 0 Å². The number of carbonyl (C=O) groups excluding carboxylic acids is 1. The number of allylic oxidation sites excluding steroid dienone is 1. The van der Waals surface area contributed by atoms with E-state index in [2.05, 4.69) is 22.1 Å². The predicted octanol–water partition coefficient (Wildman–Crippen LogP) is 1.91. The first kappa shape index (κ1) is 11.5. The summed E-state index contributed by atoms with van der Waals surface area (Å²) in [6.07, 6.45) is 1.70. The smallest absolute Gasteiger partial charge is 0.252 e. The molecule has 2 rings (SSSR count). The number of halogens is 1. The fraction of sp³-hybridized carbons (Fsp3) is 0.0909. The van der Waals surface area contributed by atoms with Crippen molar-refractivity contribution >= 4 is 16.8 Å². The maximum atomic E-state index is 10.9. The van der Waals surface area contributed by atoms with Crippen LogP contribution in [0.1, 0.15) is 10.4 Å². The highest BCUT2D eigenvalue weighted by molar-refractivity contribution is 6.67. The molecule has 6 heteroatoms.